The molecule has 3 fully saturated rings. The molecule has 0 saturated carbocycles. The summed E-state index contributed by atoms with van der Waals surface area (Å²) >= 11 is 0. The molecule has 2 aromatic carbocycles. The van der Waals surface area contributed by atoms with Crippen LogP contribution >= 0.6 is 0 Å². The Hall–Kier alpha value is -3.12. The van der Waals surface area contributed by atoms with Crippen LogP contribution in [0.2, 0.25) is 0 Å². The second-order valence-corrected chi connectivity index (χ2v) is 9.46. The van der Waals surface area contributed by atoms with Crippen molar-refractivity contribution in [2.75, 3.05) is 20.2 Å². The van der Waals surface area contributed by atoms with Crippen molar-refractivity contribution in [1.29, 1.82) is 0 Å². The highest BCUT2D eigenvalue weighted by molar-refractivity contribution is 5.84. The first kappa shape index (κ1) is 22.7. The number of nitrogens with zero attached hydrogens (tertiary/aromatic N) is 2. The van der Waals surface area contributed by atoms with Crippen molar-refractivity contribution < 1.29 is 14.3 Å². The summed E-state index contributed by atoms with van der Waals surface area (Å²) in [4.78, 5) is 20.1. The number of ether oxygens (including phenoxy) is 2. The third-order valence-corrected chi connectivity index (χ3v) is 7.61. The first-order chi connectivity index (χ1) is 16.7. The minimum absolute atomic E-state index is 0.154. The fourth-order valence-corrected chi connectivity index (χ4v) is 5.76. The molecule has 3 saturated heterocycles. The summed E-state index contributed by atoms with van der Waals surface area (Å²) in [5, 5.41) is 3.92. The summed E-state index contributed by atoms with van der Waals surface area (Å²) in [7, 11) is 1.67. The van der Waals surface area contributed by atoms with Crippen molar-refractivity contribution in [2.45, 2.75) is 44.9 Å². The second-order valence-electron chi connectivity index (χ2n) is 9.46. The van der Waals surface area contributed by atoms with E-state index in [1.165, 1.54) is 12.8 Å². The molecule has 178 valence electrons. The van der Waals surface area contributed by atoms with Crippen LogP contribution in [-0.2, 0) is 11.3 Å². The van der Waals surface area contributed by atoms with Gasteiger partial charge < -0.3 is 14.8 Å². The Morgan fingerprint density at radius 1 is 1.21 bits per heavy atom. The van der Waals surface area contributed by atoms with Gasteiger partial charge in [-0.15, -0.1) is 0 Å². The van der Waals surface area contributed by atoms with Crippen LogP contribution in [0.5, 0.6) is 5.75 Å². The number of aromatic nitrogens is 1. The van der Waals surface area contributed by atoms with Gasteiger partial charge >= 0.3 is 6.09 Å². The molecule has 3 aliphatic heterocycles. The van der Waals surface area contributed by atoms with Gasteiger partial charge in [0.25, 0.3) is 0 Å². The minimum Gasteiger partial charge on any atom is -0.497 e. The Labute approximate surface area is 201 Å². The van der Waals surface area contributed by atoms with Gasteiger partial charge in [0.05, 0.1) is 18.7 Å². The van der Waals surface area contributed by atoms with E-state index in [1.807, 2.05) is 60.8 Å². The van der Waals surface area contributed by atoms with Gasteiger partial charge in [0, 0.05) is 30.2 Å². The van der Waals surface area contributed by atoms with Gasteiger partial charge in [-0.1, -0.05) is 43.7 Å². The maximum absolute atomic E-state index is 13.0. The molecule has 0 radical (unpaired) electrons. The van der Waals surface area contributed by atoms with Crippen LogP contribution in [0.15, 0.2) is 60.8 Å². The first-order valence-corrected chi connectivity index (χ1v) is 12.3. The van der Waals surface area contributed by atoms with Crippen LogP contribution in [0.25, 0.3) is 10.9 Å². The van der Waals surface area contributed by atoms with Crippen molar-refractivity contribution >= 4 is 17.0 Å². The van der Waals surface area contributed by atoms with Crippen molar-refractivity contribution in [2.24, 2.45) is 11.8 Å². The zero-order chi connectivity index (χ0) is 23.5. The molecule has 0 spiro atoms. The smallest absolute Gasteiger partial charge is 0.408 e. The predicted molar refractivity (Wildman–Crippen MR) is 133 cm³/mol. The van der Waals surface area contributed by atoms with E-state index in [1.54, 1.807) is 7.11 Å². The minimum atomic E-state index is -0.392. The van der Waals surface area contributed by atoms with Gasteiger partial charge in [0.1, 0.15) is 11.9 Å². The van der Waals surface area contributed by atoms with Crippen LogP contribution in [0.1, 0.15) is 43.4 Å². The number of piperidine rings is 3. The number of nitrogens with one attached hydrogen (secondary N) is 1. The largest absolute Gasteiger partial charge is 0.497 e. The normalized spacial score (nSPS) is 24.5. The van der Waals surface area contributed by atoms with Gasteiger partial charge in [-0.05, 0) is 61.1 Å². The molecule has 3 aromatic rings. The van der Waals surface area contributed by atoms with Gasteiger partial charge in [-0.2, -0.15) is 0 Å². The van der Waals surface area contributed by atoms with Crippen molar-refractivity contribution in [3.05, 3.63) is 71.9 Å². The Bertz CT molecular complexity index is 1140. The van der Waals surface area contributed by atoms with Crippen molar-refractivity contribution in [1.82, 2.24) is 15.2 Å². The topological polar surface area (TPSA) is 63.7 Å². The quantitative estimate of drug-likeness (QED) is 0.517. The zero-order valence-electron chi connectivity index (χ0n) is 19.9. The molecule has 2 bridgehead atoms. The fraction of sp³-hybridized carbons (Fsp3) is 0.429. The molecule has 5 atom stereocenters. The lowest BCUT2D eigenvalue weighted by Gasteiger charge is -2.51. The van der Waals surface area contributed by atoms with Gasteiger partial charge in [-0.3, -0.25) is 9.88 Å². The zero-order valence-corrected chi connectivity index (χ0v) is 19.9. The predicted octanol–water partition coefficient (Wildman–Crippen LogP) is 5.33. The van der Waals surface area contributed by atoms with Crippen molar-refractivity contribution in [3.63, 3.8) is 0 Å². The van der Waals surface area contributed by atoms with E-state index in [0.29, 0.717) is 12.5 Å². The van der Waals surface area contributed by atoms with E-state index in [-0.39, 0.29) is 12.1 Å². The molecule has 6 rings (SSSR count). The van der Waals surface area contributed by atoms with E-state index in [2.05, 4.69) is 22.1 Å². The lowest BCUT2D eigenvalue weighted by molar-refractivity contribution is -0.0604. The van der Waals surface area contributed by atoms with E-state index >= 15 is 0 Å². The molecular weight excluding hydrogens is 426 g/mol. The molecule has 34 heavy (non-hydrogen) atoms. The Balaban J connectivity index is 1.45. The average Bonchev–Trinajstić information content (AvgIpc) is 2.90. The highest BCUT2D eigenvalue weighted by Gasteiger charge is 2.44. The molecule has 1 unspecified atom stereocenters. The Morgan fingerprint density at radius 2 is 2.06 bits per heavy atom. The van der Waals surface area contributed by atoms with Gasteiger partial charge in [0.15, 0.2) is 0 Å². The lowest BCUT2D eigenvalue weighted by Crippen LogP contribution is -2.55. The molecule has 6 nitrogen and oxygen atoms in total. The number of alkyl carbamates (subject to hydrolysis) is 1. The fourth-order valence-electron chi connectivity index (χ4n) is 5.76. The number of carbonyl (C=O) groups excluding carboxylic acids is 1. The van der Waals surface area contributed by atoms with E-state index < -0.39 is 6.09 Å². The summed E-state index contributed by atoms with van der Waals surface area (Å²) in [6.07, 6.45) is 4.51. The van der Waals surface area contributed by atoms with Gasteiger partial charge in [0.2, 0.25) is 0 Å². The number of hydrogen-bond acceptors (Lipinski definition) is 5. The number of benzene rings is 2. The number of pyridine rings is 1. The number of hydrogen-bond donors (Lipinski definition) is 1. The lowest BCUT2D eigenvalue weighted by atomic mass is 9.72. The van der Waals surface area contributed by atoms with E-state index in [9.17, 15) is 4.79 Å². The SMILES string of the molecule is CC[C@H]1CN2CC[C@H]1C[C@H]2[C@H](OC(=O)NCc1ccccc1)c1ccnc2ccc(OC)cc12. The van der Waals surface area contributed by atoms with Crippen LogP contribution in [-0.4, -0.2) is 42.2 Å². The summed E-state index contributed by atoms with van der Waals surface area (Å²) < 4.78 is 11.7. The summed E-state index contributed by atoms with van der Waals surface area (Å²) in [6, 6.07) is 17.9. The molecule has 3 aliphatic rings. The van der Waals surface area contributed by atoms with Gasteiger partial charge in [-0.25, -0.2) is 4.79 Å². The number of fused-ring (bicyclic) bond motifs is 4. The molecule has 0 aliphatic carbocycles. The summed E-state index contributed by atoms with van der Waals surface area (Å²) in [5.74, 6) is 2.18. The monoisotopic (exact) mass is 459 g/mol. The van der Waals surface area contributed by atoms with E-state index in [4.69, 9.17) is 9.47 Å². The van der Waals surface area contributed by atoms with Crippen LogP contribution < -0.4 is 10.1 Å². The summed E-state index contributed by atoms with van der Waals surface area (Å²) in [6.45, 7) is 4.86. The van der Waals surface area contributed by atoms with E-state index in [0.717, 1.165) is 53.2 Å². The van der Waals surface area contributed by atoms with Crippen molar-refractivity contribution in [3.8, 4) is 5.75 Å². The third kappa shape index (κ3) is 4.60. The highest BCUT2D eigenvalue weighted by atomic mass is 16.6. The van der Waals surface area contributed by atoms with Crippen LogP contribution in [0.3, 0.4) is 0 Å². The highest BCUT2D eigenvalue weighted by Crippen LogP contribution is 2.44. The maximum atomic E-state index is 13.0. The Kier molecular flexibility index (Phi) is 6.68. The number of amides is 1. The first-order valence-electron chi connectivity index (χ1n) is 12.3. The average molecular weight is 460 g/mol. The number of methoxy groups -OCH3 is 1. The molecule has 4 heterocycles. The molecule has 1 aromatic heterocycles. The second kappa shape index (κ2) is 10.0. The Morgan fingerprint density at radius 3 is 2.79 bits per heavy atom. The number of carbonyl (C=O) groups is 1. The van der Waals surface area contributed by atoms with Crippen LogP contribution in [0.4, 0.5) is 4.79 Å². The maximum Gasteiger partial charge on any atom is 0.408 e. The van der Waals surface area contributed by atoms with Crippen LogP contribution in [0, 0.1) is 11.8 Å². The standard InChI is InChI=1S/C28H33N3O3/c1-3-20-18-31-14-12-21(20)15-26(31)27(34-28(32)30-17-19-7-5-4-6-8-19)23-11-13-29-25-10-9-22(33-2)16-24(23)25/h4-11,13,16,20-21,26-27H,3,12,14-15,17-18H2,1-2H3,(H,30,32)/t20-,21-,26-,27+/m0/s1. The third-order valence-electron chi connectivity index (χ3n) is 7.61. The molecule has 1 amide bonds. The molecule has 6 heteroatoms. The summed E-state index contributed by atoms with van der Waals surface area (Å²) in [5.41, 5.74) is 2.91. The number of rotatable bonds is 7. The molecular formula is C28H33N3O3. The molecule has 1 N–H and O–H groups in total.